The summed E-state index contributed by atoms with van der Waals surface area (Å²) < 4.78 is 22.1. The molecule has 19 heavy (non-hydrogen) atoms. The van der Waals surface area contributed by atoms with E-state index in [-0.39, 0.29) is 5.70 Å². The van der Waals surface area contributed by atoms with Crippen LogP contribution in [0, 0.1) is 0 Å². The molecule has 1 aliphatic rings. The third-order valence-corrected chi connectivity index (χ3v) is 6.32. The van der Waals surface area contributed by atoms with E-state index in [4.69, 9.17) is 19.6 Å². The van der Waals surface area contributed by atoms with Gasteiger partial charge >= 0.3 is 15.2 Å². The maximum atomic E-state index is 11.1. The van der Waals surface area contributed by atoms with Gasteiger partial charge in [0.2, 0.25) is 0 Å². The van der Waals surface area contributed by atoms with Crippen LogP contribution in [0.1, 0.15) is 6.42 Å². The Bertz CT molecular complexity index is 457. The highest BCUT2D eigenvalue weighted by Crippen LogP contribution is 2.61. The summed E-state index contributed by atoms with van der Waals surface area (Å²) in [7, 11) is -8.32. The Hall–Kier alpha value is -0.530. The summed E-state index contributed by atoms with van der Waals surface area (Å²) in [6.07, 6.45) is 0.709. The Morgan fingerprint density at radius 3 is 2.21 bits per heavy atom. The molecule has 0 aromatic rings. The highest BCUT2D eigenvalue weighted by atomic mass is 31.2. The van der Waals surface area contributed by atoms with Gasteiger partial charge in [0.05, 0.1) is 18.1 Å². The fourth-order valence-corrected chi connectivity index (χ4v) is 4.03. The Kier molecular flexibility index (Phi) is 5.08. The predicted molar refractivity (Wildman–Crippen MR) is 67.7 cm³/mol. The van der Waals surface area contributed by atoms with Gasteiger partial charge < -0.3 is 29.6 Å². The molecule has 0 spiro atoms. The zero-order valence-electron chi connectivity index (χ0n) is 10.1. The van der Waals surface area contributed by atoms with Gasteiger partial charge in [-0.05, 0) is 6.08 Å². The molecular weight excluding hydrogens is 298 g/mol. The third-order valence-electron chi connectivity index (χ3n) is 2.54. The molecule has 0 aliphatic carbocycles. The highest BCUT2D eigenvalue weighted by Gasteiger charge is 2.44. The molecule has 1 heterocycles. The molecule has 0 aromatic heterocycles. The van der Waals surface area contributed by atoms with Crippen molar-refractivity contribution in [1.29, 1.82) is 0 Å². The summed E-state index contributed by atoms with van der Waals surface area (Å²) in [5, 5.41) is 7.54. The van der Waals surface area contributed by atoms with Crippen LogP contribution < -0.4 is 0 Å². The number of nitrogens with zero attached hydrogens (tertiary/aromatic N) is 2. The van der Waals surface area contributed by atoms with Crippen LogP contribution in [0.25, 0.3) is 0 Å². The molecule has 0 fully saturated rings. The van der Waals surface area contributed by atoms with E-state index in [0.29, 0.717) is 6.54 Å². The van der Waals surface area contributed by atoms with Crippen LogP contribution in [0.5, 0.6) is 0 Å². The molecule has 11 heteroatoms. The predicted octanol–water partition coefficient (Wildman–Crippen LogP) is -0.724. The van der Waals surface area contributed by atoms with Crippen LogP contribution in [0.2, 0.25) is 0 Å². The summed E-state index contributed by atoms with van der Waals surface area (Å²) in [6.45, 7) is 0.437. The van der Waals surface area contributed by atoms with Gasteiger partial charge in [-0.2, -0.15) is 0 Å². The van der Waals surface area contributed by atoms with E-state index >= 15 is 0 Å². The molecule has 1 atom stereocenters. The first kappa shape index (κ1) is 16.5. The van der Waals surface area contributed by atoms with E-state index in [9.17, 15) is 14.2 Å². The minimum atomic E-state index is -5.03. The lowest BCUT2D eigenvalue weighted by atomic mass is 10.2. The zero-order valence-corrected chi connectivity index (χ0v) is 11.9. The minimum absolute atomic E-state index is 0.130. The fourth-order valence-electron chi connectivity index (χ4n) is 1.52. The van der Waals surface area contributed by atoms with Crippen LogP contribution in [0.3, 0.4) is 0 Å². The first-order valence-electron chi connectivity index (χ1n) is 5.25. The quantitative estimate of drug-likeness (QED) is 0.417. The first-order valence-corrected chi connectivity index (χ1v) is 8.61. The maximum Gasteiger partial charge on any atom is 0.340 e. The van der Waals surface area contributed by atoms with E-state index in [1.807, 2.05) is 0 Å². The van der Waals surface area contributed by atoms with Gasteiger partial charge in [0.25, 0.3) is 0 Å². The van der Waals surface area contributed by atoms with Gasteiger partial charge in [0, 0.05) is 20.0 Å². The number of aliphatic imine (C=N–C) groups is 1. The second-order valence-corrected chi connectivity index (χ2v) is 8.23. The molecule has 0 radical (unpaired) electrons. The van der Waals surface area contributed by atoms with Crippen molar-refractivity contribution in [3.63, 3.8) is 0 Å². The smallest absolute Gasteiger partial charge is 0.340 e. The van der Waals surface area contributed by atoms with Gasteiger partial charge in [0.15, 0.2) is 5.40 Å². The molecule has 0 aromatic carbocycles. The summed E-state index contributed by atoms with van der Waals surface area (Å²) in [4.78, 5) is 41.3. The molecule has 1 rings (SSSR count). The highest BCUT2D eigenvalue weighted by molar-refractivity contribution is 7.70. The van der Waals surface area contributed by atoms with Crippen molar-refractivity contribution in [2.45, 2.75) is 17.9 Å². The first-order chi connectivity index (χ1) is 8.51. The van der Waals surface area contributed by atoms with Crippen molar-refractivity contribution in [1.82, 2.24) is 4.90 Å². The standard InChI is InChI=1S/C8H16N2O7P2/c1-10-3-2-6(9-5-10)7(11)4-8(18(12,13)14)19(15,16)17/h2,5,7-8,11H,3-4H2,1H3,(H2,12,13,14)(H2,15,16,17). The molecule has 0 bridgehead atoms. The lowest BCUT2D eigenvalue weighted by molar-refractivity contribution is 0.193. The lowest BCUT2D eigenvalue weighted by Gasteiger charge is -2.24. The number of aliphatic hydroxyl groups is 1. The molecule has 110 valence electrons. The van der Waals surface area contributed by atoms with Gasteiger partial charge in [-0.1, -0.05) is 0 Å². The monoisotopic (exact) mass is 314 g/mol. The number of hydrogen-bond acceptors (Lipinski definition) is 5. The largest absolute Gasteiger partial charge is 0.387 e. The third kappa shape index (κ3) is 4.81. The van der Waals surface area contributed by atoms with E-state index in [0.717, 1.165) is 0 Å². The van der Waals surface area contributed by atoms with Crippen molar-refractivity contribution in [2.75, 3.05) is 13.6 Å². The number of rotatable bonds is 5. The minimum Gasteiger partial charge on any atom is -0.387 e. The molecule has 0 saturated heterocycles. The SMILES string of the molecule is CN1C=NC(C(O)CC(P(=O)(O)O)P(=O)(O)O)=CC1. The average molecular weight is 314 g/mol. The number of hydrogen-bond donors (Lipinski definition) is 5. The Morgan fingerprint density at radius 2 is 1.84 bits per heavy atom. The van der Waals surface area contributed by atoms with Crippen LogP contribution in [-0.4, -0.2) is 61.0 Å². The molecule has 9 nitrogen and oxygen atoms in total. The molecule has 1 aliphatic heterocycles. The molecule has 0 saturated carbocycles. The maximum absolute atomic E-state index is 11.1. The lowest BCUT2D eigenvalue weighted by Crippen LogP contribution is -2.25. The van der Waals surface area contributed by atoms with E-state index in [2.05, 4.69) is 4.99 Å². The Morgan fingerprint density at radius 1 is 1.32 bits per heavy atom. The molecule has 5 N–H and O–H groups in total. The van der Waals surface area contributed by atoms with Crippen LogP contribution in [-0.2, 0) is 9.13 Å². The van der Waals surface area contributed by atoms with Gasteiger partial charge in [-0.25, -0.2) is 4.99 Å². The summed E-state index contributed by atoms with van der Waals surface area (Å²) in [6, 6.07) is 0. The topological polar surface area (TPSA) is 151 Å². The Balaban J connectivity index is 2.85. The average Bonchev–Trinajstić information content (AvgIpc) is 2.23. The van der Waals surface area contributed by atoms with Crippen LogP contribution >= 0.6 is 15.2 Å². The molecule has 0 amide bonds. The van der Waals surface area contributed by atoms with Gasteiger partial charge in [-0.3, -0.25) is 9.13 Å². The second-order valence-electron chi connectivity index (χ2n) is 4.22. The normalized spacial score (nSPS) is 18.7. The molecule has 1 unspecified atom stereocenters. The summed E-state index contributed by atoms with van der Waals surface area (Å²) in [5.74, 6) is 0. The van der Waals surface area contributed by atoms with Crippen molar-refractivity contribution in [3.05, 3.63) is 11.8 Å². The van der Waals surface area contributed by atoms with Gasteiger partial charge in [0.1, 0.15) is 0 Å². The van der Waals surface area contributed by atoms with E-state index < -0.39 is 33.1 Å². The van der Waals surface area contributed by atoms with Crippen LogP contribution in [0.15, 0.2) is 16.8 Å². The number of aliphatic hydroxyl groups excluding tert-OH is 1. The fraction of sp³-hybridized carbons (Fsp3) is 0.625. The Labute approximate surface area is 109 Å². The second kappa shape index (κ2) is 5.85. The van der Waals surface area contributed by atoms with Crippen molar-refractivity contribution >= 4 is 21.5 Å². The van der Waals surface area contributed by atoms with E-state index in [1.165, 1.54) is 12.4 Å². The van der Waals surface area contributed by atoms with Crippen LogP contribution in [0.4, 0.5) is 0 Å². The zero-order chi connectivity index (χ0) is 14.8. The van der Waals surface area contributed by atoms with Crippen molar-refractivity contribution in [3.8, 4) is 0 Å². The van der Waals surface area contributed by atoms with Crippen molar-refractivity contribution in [2.24, 2.45) is 4.99 Å². The van der Waals surface area contributed by atoms with Gasteiger partial charge in [-0.15, -0.1) is 0 Å². The molecular formula is C8H16N2O7P2. The summed E-state index contributed by atoms with van der Waals surface area (Å²) in [5.41, 5.74) is 0.130. The number of likely N-dealkylation sites (N-methyl/N-ethyl adjacent to an activating group) is 1. The summed E-state index contributed by atoms with van der Waals surface area (Å²) >= 11 is 0. The van der Waals surface area contributed by atoms with Crippen molar-refractivity contribution < 1.29 is 33.8 Å². The van der Waals surface area contributed by atoms with E-state index in [1.54, 1.807) is 11.9 Å².